The number of nitrogens with two attached hydrogens (primary N) is 1. The van der Waals surface area contributed by atoms with Crippen molar-refractivity contribution in [2.45, 2.75) is 25.0 Å². The minimum Gasteiger partial charge on any atom is -0.496 e. The van der Waals surface area contributed by atoms with Gasteiger partial charge in [0, 0.05) is 11.6 Å². The van der Waals surface area contributed by atoms with E-state index < -0.39 is 6.10 Å². The first-order valence-corrected chi connectivity index (χ1v) is 4.83. The van der Waals surface area contributed by atoms with E-state index in [0.29, 0.717) is 0 Å². The fourth-order valence-electron chi connectivity index (χ4n) is 2.02. The molecule has 2 atom stereocenters. The highest BCUT2D eigenvalue weighted by molar-refractivity contribution is 5.43. The summed E-state index contributed by atoms with van der Waals surface area (Å²) in [6, 6.07) is 5.58. The topological polar surface area (TPSA) is 55.5 Å². The maximum absolute atomic E-state index is 9.87. The second-order valence-electron chi connectivity index (χ2n) is 3.68. The van der Waals surface area contributed by atoms with Crippen molar-refractivity contribution in [2.24, 2.45) is 5.73 Å². The summed E-state index contributed by atoms with van der Waals surface area (Å²) in [7, 11) is 1.65. The number of fused-ring (bicyclic) bond motifs is 1. The van der Waals surface area contributed by atoms with Crippen molar-refractivity contribution < 1.29 is 9.84 Å². The van der Waals surface area contributed by atoms with E-state index in [-0.39, 0.29) is 6.04 Å². The molecule has 2 rings (SSSR count). The van der Waals surface area contributed by atoms with Crippen LogP contribution in [0.15, 0.2) is 18.2 Å². The Bertz CT molecular complexity index is 338. The molecule has 3 nitrogen and oxygen atoms in total. The van der Waals surface area contributed by atoms with Gasteiger partial charge in [-0.2, -0.15) is 0 Å². The third kappa shape index (κ3) is 1.38. The van der Waals surface area contributed by atoms with Gasteiger partial charge < -0.3 is 15.6 Å². The Kier molecular flexibility index (Phi) is 2.44. The molecule has 0 saturated carbocycles. The summed E-state index contributed by atoms with van der Waals surface area (Å²) in [5.41, 5.74) is 7.81. The first kappa shape index (κ1) is 9.49. The number of aliphatic hydroxyl groups excluding tert-OH is 1. The molecule has 0 amide bonds. The van der Waals surface area contributed by atoms with Crippen LogP contribution in [0.25, 0.3) is 0 Å². The Morgan fingerprint density at radius 1 is 1.50 bits per heavy atom. The number of methoxy groups -OCH3 is 1. The van der Waals surface area contributed by atoms with Crippen LogP contribution in [0.4, 0.5) is 0 Å². The molecule has 0 saturated heterocycles. The van der Waals surface area contributed by atoms with Crippen LogP contribution in [-0.2, 0) is 6.42 Å². The van der Waals surface area contributed by atoms with Gasteiger partial charge in [0.1, 0.15) is 5.75 Å². The van der Waals surface area contributed by atoms with Crippen LogP contribution in [0.2, 0.25) is 0 Å². The molecule has 1 aromatic rings. The Labute approximate surface area is 83.5 Å². The molecule has 76 valence electrons. The Morgan fingerprint density at radius 2 is 2.29 bits per heavy atom. The molecule has 0 spiro atoms. The summed E-state index contributed by atoms with van der Waals surface area (Å²) in [6.45, 7) is 0. The molecule has 3 N–H and O–H groups in total. The van der Waals surface area contributed by atoms with E-state index in [1.165, 1.54) is 0 Å². The summed E-state index contributed by atoms with van der Waals surface area (Å²) in [5.74, 6) is 0.855. The Morgan fingerprint density at radius 3 is 3.00 bits per heavy atom. The third-order valence-corrected chi connectivity index (χ3v) is 2.84. The van der Waals surface area contributed by atoms with E-state index in [4.69, 9.17) is 10.5 Å². The number of hydrogen-bond donors (Lipinski definition) is 2. The van der Waals surface area contributed by atoms with Crippen molar-refractivity contribution >= 4 is 0 Å². The predicted molar refractivity (Wildman–Crippen MR) is 54.3 cm³/mol. The molecule has 14 heavy (non-hydrogen) atoms. The summed E-state index contributed by atoms with van der Waals surface area (Å²) in [4.78, 5) is 0. The molecule has 0 aliphatic heterocycles. The normalized spacial score (nSPS) is 25.6. The summed E-state index contributed by atoms with van der Waals surface area (Å²) in [5, 5.41) is 9.87. The highest BCUT2D eigenvalue weighted by Crippen LogP contribution is 2.34. The highest BCUT2D eigenvalue weighted by atomic mass is 16.5. The zero-order chi connectivity index (χ0) is 10.1. The molecule has 0 unspecified atom stereocenters. The van der Waals surface area contributed by atoms with Gasteiger partial charge in [0.05, 0.1) is 13.2 Å². The van der Waals surface area contributed by atoms with Gasteiger partial charge in [-0.05, 0) is 24.5 Å². The summed E-state index contributed by atoms with van der Waals surface area (Å²) >= 11 is 0. The van der Waals surface area contributed by atoms with Gasteiger partial charge in [-0.1, -0.05) is 12.1 Å². The second kappa shape index (κ2) is 3.59. The van der Waals surface area contributed by atoms with Crippen molar-refractivity contribution in [3.05, 3.63) is 29.3 Å². The first-order valence-electron chi connectivity index (χ1n) is 4.83. The molecular formula is C11H15NO2. The van der Waals surface area contributed by atoms with Gasteiger partial charge in [0.2, 0.25) is 0 Å². The molecule has 0 heterocycles. The second-order valence-corrected chi connectivity index (χ2v) is 3.68. The number of benzene rings is 1. The molecule has 1 aromatic carbocycles. The zero-order valence-corrected chi connectivity index (χ0v) is 8.23. The van der Waals surface area contributed by atoms with Gasteiger partial charge >= 0.3 is 0 Å². The lowest BCUT2D eigenvalue weighted by molar-refractivity contribution is 0.133. The number of rotatable bonds is 1. The molecule has 1 aliphatic rings. The van der Waals surface area contributed by atoms with Crippen LogP contribution >= 0.6 is 0 Å². The van der Waals surface area contributed by atoms with E-state index in [1.54, 1.807) is 7.11 Å². The van der Waals surface area contributed by atoms with Crippen molar-refractivity contribution in [3.63, 3.8) is 0 Å². The minimum atomic E-state index is -0.547. The summed E-state index contributed by atoms with van der Waals surface area (Å²) in [6.07, 6.45) is 1.15. The van der Waals surface area contributed by atoms with Crippen molar-refractivity contribution in [3.8, 4) is 5.75 Å². The largest absolute Gasteiger partial charge is 0.496 e. The van der Waals surface area contributed by atoms with Gasteiger partial charge in [0.15, 0.2) is 0 Å². The van der Waals surface area contributed by atoms with Crippen LogP contribution in [0, 0.1) is 0 Å². The minimum absolute atomic E-state index is 0.144. The highest BCUT2D eigenvalue weighted by Gasteiger charge is 2.26. The zero-order valence-electron chi connectivity index (χ0n) is 8.23. The van der Waals surface area contributed by atoms with Crippen LogP contribution in [0.5, 0.6) is 5.75 Å². The van der Waals surface area contributed by atoms with Gasteiger partial charge in [-0.15, -0.1) is 0 Å². The number of ether oxygens (including phenoxy) is 1. The van der Waals surface area contributed by atoms with Gasteiger partial charge in [-0.25, -0.2) is 0 Å². The molecule has 3 heteroatoms. The fourth-order valence-corrected chi connectivity index (χ4v) is 2.02. The molecule has 0 aromatic heterocycles. The van der Waals surface area contributed by atoms with Crippen molar-refractivity contribution in [1.82, 2.24) is 0 Å². The van der Waals surface area contributed by atoms with Gasteiger partial charge in [0.25, 0.3) is 0 Å². The van der Waals surface area contributed by atoms with Crippen molar-refractivity contribution in [1.29, 1.82) is 0 Å². The van der Waals surface area contributed by atoms with E-state index in [0.717, 1.165) is 29.7 Å². The van der Waals surface area contributed by atoms with E-state index in [2.05, 4.69) is 0 Å². The van der Waals surface area contributed by atoms with Crippen LogP contribution in [-0.4, -0.2) is 18.3 Å². The lowest BCUT2D eigenvalue weighted by Crippen LogP contribution is -2.33. The standard InChI is InChI=1S/C11H15NO2/c1-14-10-4-2-3-8-7(10)5-6-9(12)11(8)13/h2-4,9,11,13H,5-6,12H2,1H3/t9-,11-/m0/s1. The van der Waals surface area contributed by atoms with Crippen LogP contribution < -0.4 is 10.5 Å². The maximum Gasteiger partial charge on any atom is 0.122 e. The molecule has 1 aliphatic carbocycles. The van der Waals surface area contributed by atoms with Gasteiger partial charge in [-0.3, -0.25) is 0 Å². The lowest BCUT2D eigenvalue weighted by Gasteiger charge is -2.28. The van der Waals surface area contributed by atoms with Crippen LogP contribution in [0.3, 0.4) is 0 Å². The molecule has 0 bridgehead atoms. The maximum atomic E-state index is 9.87. The third-order valence-electron chi connectivity index (χ3n) is 2.84. The van der Waals surface area contributed by atoms with E-state index >= 15 is 0 Å². The molecule has 0 fully saturated rings. The fraction of sp³-hybridized carbons (Fsp3) is 0.455. The SMILES string of the molecule is COc1cccc2c1CC[C@H](N)[C@H]2O. The average molecular weight is 193 g/mol. The van der Waals surface area contributed by atoms with Crippen molar-refractivity contribution in [2.75, 3.05) is 7.11 Å². The molecule has 0 radical (unpaired) electrons. The average Bonchev–Trinajstić information content (AvgIpc) is 2.23. The smallest absolute Gasteiger partial charge is 0.122 e. The van der Waals surface area contributed by atoms with E-state index in [9.17, 15) is 5.11 Å². The molecular weight excluding hydrogens is 178 g/mol. The van der Waals surface area contributed by atoms with Crippen LogP contribution in [0.1, 0.15) is 23.7 Å². The quantitative estimate of drug-likeness (QED) is 0.699. The summed E-state index contributed by atoms with van der Waals surface area (Å²) < 4.78 is 5.24. The number of hydrogen-bond acceptors (Lipinski definition) is 3. The first-order chi connectivity index (χ1) is 6.74. The Hall–Kier alpha value is -1.06. The van der Waals surface area contributed by atoms with E-state index in [1.807, 2.05) is 18.2 Å². The lowest BCUT2D eigenvalue weighted by atomic mass is 9.86. The monoisotopic (exact) mass is 193 g/mol. The predicted octanol–water partition coefficient (Wildman–Crippen LogP) is 1.00. The Balaban J connectivity index is 2.47. The number of aliphatic hydroxyl groups is 1.